The summed E-state index contributed by atoms with van der Waals surface area (Å²) in [4.78, 5) is 25.7. The summed E-state index contributed by atoms with van der Waals surface area (Å²) < 4.78 is 1.66. The zero-order valence-corrected chi connectivity index (χ0v) is 15.0. The molecule has 8 heteroatoms. The first-order valence-electron chi connectivity index (χ1n) is 8.33. The molecule has 24 heavy (non-hydrogen) atoms. The molecule has 2 rings (SSSR count). The quantitative estimate of drug-likeness (QED) is 0.807. The molecule has 7 nitrogen and oxygen atoms in total. The molecule has 1 aromatic rings. The summed E-state index contributed by atoms with van der Waals surface area (Å²) in [5.41, 5.74) is -0.820. The lowest BCUT2D eigenvalue weighted by Gasteiger charge is -2.39. The lowest BCUT2D eigenvalue weighted by molar-refractivity contribution is -0.122. The second-order valence-electron chi connectivity index (χ2n) is 6.32. The maximum absolute atomic E-state index is 12.7. The second-order valence-corrected chi connectivity index (χ2v) is 6.72. The molecular formula is C16H25ClN4O3. The molecule has 1 aliphatic heterocycles. The highest BCUT2D eigenvalue weighted by Gasteiger charge is 2.36. The monoisotopic (exact) mass is 356 g/mol. The Morgan fingerprint density at radius 1 is 1.50 bits per heavy atom. The number of rotatable bonds is 6. The molecule has 2 amide bonds. The molecule has 1 saturated heterocycles. The average molecular weight is 357 g/mol. The lowest BCUT2D eigenvalue weighted by atomic mass is 9.88. The van der Waals surface area contributed by atoms with Gasteiger partial charge in [-0.3, -0.25) is 14.3 Å². The number of piperidine rings is 1. The molecule has 2 N–H and O–H groups in total. The van der Waals surface area contributed by atoms with E-state index in [-0.39, 0.29) is 30.5 Å². The molecule has 1 fully saturated rings. The zero-order valence-electron chi connectivity index (χ0n) is 14.2. The third kappa shape index (κ3) is 4.48. The Balaban J connectivity index is 2.05. The number of hydrogen-bond acceptors (Lipinski definition) is 4. The van der Waals surface area contributed by atoms with Gasteiger partial charge in [0, 0.05) is 39.3 Å². The van der Waals surface area contributed by atoms with Gasteiger partial charge in [0.1, 0.15) is 0 Å². The summed E-state index contributed by atoms with van der Waals surface area (Å²) >= 11 is 6.14. The van der Waals surface area contributed by atoms with Gasteiger partial charge in [0.25, 0.3) is 5.91 Å². The van der Waals surface area contributed by atoms with Gasteiger partial charge < -0.3 is 15.3 Å². The van der Waals surface area contributed by atoms with E-state index in [4.69, 9.17) is 11.6 Å². The summed E-state index contributed by atoms with van der Waals surface area (Å²) in [5.74, 6) is -0.388. The number of likely N-dealkylation sites (tertiary alicyclic amines) is 1. The van der Waals surface area contributed by atoms with Gasteiger partial charge in [-0.15, -0.1) is 0 Å². The molecular weight excluding hydrogens is 332 g/mol. The van der Waals surface area contributed by atoms with Gasteiger partial charge in [-0.2, -0.15) is 5.10 Å². The molecule has 2 heterocycles. The molecule has 0 radical (unpaired) electrons. The number of carbonyl (C=O) groups excluding carboxylic acids is 2. The smallest absolute Gasteiger partial charge is 0.276 e. The highest BCUT2D eigenvalue weighted by molar-refractivity contribution is 6.33. The minimum atomic E-state index is -1.04. The van der Waals surface area contributed by atoms with Crippen molar-refractivity contribution in [3.63, 3.8) is 0 Å². The van der Waals surface area contributed by atoms with Crippen molar-refractivity contribution in [1.29, 1.82) is 0 Å². The van der Waals surface area contributed by atoms with Crippen LogP contribution in [0.15, 0.2) is 6.20 Å². The Hall–Kier alpha value is -1.60. The van der Waals surface area contributed by atoms with E-state index in [1.54, 1.807) is 22.8 Å². The average Bonchev–Trinajstić information content (AvgIpc) is 2.93. The number of aromatic nitrogens is 2. The Morgan fingerprint density at radius 2 is 2.25 bits per heavy atom. The van der Waals surface area contributed by atoms with E-state index < -0.39 is 5.60 Å². The number of aryl methyl sites for hydroxylation is 1. The first-order valence-corrected chi connectivity index (χ1v) is 8.71. The standard InChI is InChI=1S/C16H25ClN4O3/c1-3-8-21-10-12(17)14(19-21)15(23)20-9-4-6-16(24,11-20)7-5-13(22)18-2/h10,24H,3-9,11H2,1-2H3,(H,18,22)/t16-/m1/s1. The van der Waals surface area contributed by atoms with Crippen molar-refractivity contribution in [3.05, 3.63) is 16.9 Å². The van der Waals surface area contributed by atoms with Crippen molar-refractivity contribution in [3.8, 4) is 0 Å². The first-order chi connectivity index (χ1) is 11.4. The molecule has 1 aromatic heterocycles. The molecule has 0 aromatic carbocycles. The van der Waals surface area contributed by atoms with E-state index in [2.05, 4.69) is 10.4 Å². The van der Waals surface area contributed by atoms with Crippen LogP contribution in [-0.2, 0) is 11.3 Å². The second kappa shape index (κ2) is 7.98. The minimum Gasteiger partial charge on any atom is -0.388 e. The number of carbonyl (C=O) groups is 2. The van der Waals surface area contributed by atoms with Crippen molar-refractivity contribution in [2.24, 2.45) is 0 Å². The largest absolute Gasteiger partial charge is 0.388 e. The van der Waals surface area contributed by atoms with Crippen LogP contribution in [0, 0.1) is 0 Å². The van der Waals surface area contributed by atoms with Crippen LogP contribution in [-0.4, -0.2) is 57.3 Å². The molecule has 0 saturated carbocycles. The number of nitrogens with one attached hydrogen (secondary N) is 1. The zero-order chi connectivity index (χ0) is 17.7. The van der Waals surface area contributed by atoms with Crippen LogP contribution in [0.4, 0.5) is 0 Å². The normalized spacial score (nSPS) is 20.9. The van der Waals surface area contributed by atoms with Crippen LogP contribution in [0.5, 0.6) is 0 Å². The van der Waals surface area contributed by atoms with E-state index >= 15 is 0 Å². The molecule has 0 unspecified atom stereocenters. The molecule has 0 bridgehead atoms. The molecule has 1 aliphatic rings. The Kier molecular flexibility index (Phi) is 6.23. The van der Waals surface area contributed by atoms with Gasteiger partial charge in [0.2, 0.25) is 5.91 Å². The van der Waals surface area contributed by atoms with Crippen molar-refractivity contribution in [2.45, 2.75) is 51.2 Å². The summed E-state index contributed by atoms with van der Waals surface area (Å²) in [6, 6.07) is 0. The van der Waals surface area contributed by atoms with E-state index in [1.165, 1.54) is 0 Å². The van der Waals surface area contributed by atoms with Gasteiger partial charge in [-0.25, -0.2) is 0 Å². The van der Waals surface area contributed by atoms with Crippen LogP contribution in [0.2, 0.25) is 5.02 Å². The van der Waals surface area contributed by atoms with E-state index in [1.807, 2.05) is 6.92 Å². The van der Waals surface area contributed by atoms with Gasteiger partial charge in [0.15, 0.2) is 5.69 Å². The maximum Gasteiger partial charge on any atom is 0.276 e. The SMILES string of the molecule is CCCn1cc(Cl)c(C(=O)N2CCC[C@@](O)(CCC(=O)NC)C2)n1. The topological polar surface area (TPSA) is 87.5 Å². The highest BCUT2D eigenvalue weighted by Crippen LogP contribution is 2.27. The van der Waals surface area contributed by atoms with Crippen LogP contribution < -0.4 is 5.32 Å². The molecule has 0 spiro atoms. The third-order valence-electron chi connectivity index (χ3n) is 4.31. The van der Waals surface area contributed by atoms with Gasteiger partial charge in [0.05, 0.1) is 10.6 Å². The number of aliphatic hydroxyl groups is 1. The van der Waals surface area contributed by atoms with Crippen LogP contribution in [0.1, 0.15) is 49.5 Å². The highest BCUT2D eigenvalue weighted by atomic mass is 35.5. The van der Waals surface area contributed by atoms with Gasteiger partial charge in [-0.1, -0.05) is 18.5 Å². The predicted molar refractivity (Wildman–Crippen MR) is 90.9 cm³/mol. The number of amides is 2. The van der Waals surface area contributed by atoms with E-state index in [0.717, 1.165) is 6.42 Å². The third-order valence-corrected chi connectivity index (χ3v) is 4.59. The van der Waals surface area contributed by atoms with Gasteiger partial charge >= 0.3 is 0 Å². The Labute approximate surface area is 147 Å². The molecule has 1 atom stereocenters. The van der Waals surface area contributed by atoms with Crippen molar-refractivity contribution in [2.75, 3.05) is 20.1 Å². The van der Waals surface area contributed by atoms with Gasteiger partial charge in [-0.05, 0) is 25.7 Å². The maximum atomic E-state index is 12.7. The summed E-state index contributed by atoms with van der Waals surface area (Å²) in [6.07, 6.45) is 4.37. The summed E-state index contributed by atoms with van der Waals surface area (Å²) in [6.45, 7) is 3.47. The number of halogens is 1. The predicted octanol–water partition coefficient (Wildman–Crippen LogP) is 1.44. The number of hydrogen-bond donors (Lipinski definition) is 2. The minimum absolute atomic E-state index is 0.117. The fourth-order valence-electron chi connectivity index (χ4n) is 3.00. The van der Waals surface area contributed by atoms with Crippen LogP contribution in [0.3, 0.4) is 0 Å². The van der Waals surface area contributed by atoms with Crippen LogP contribution >= 0.6 is 11.6 Å². The summed E-state index contributed by atoms with van der Waals surface area (Å²) in [5, 5.41) is 17.8. The van der Waals surface area contributed by atoms with E-state index in [0.29, 0.717) is 37.4 Å². The van der Waals surface area contributed by atoms with Crippen molar-refractivity contribution >= 4 is 23.4 Å². The van der Waals surface area contributed by atoms with E-state index in [9.17, 15) is 14.7 Å². The summed E-state index contributed by atoms with van der Waals surface area (Å²) in [7, 11) is 1.57. The van der Waals surface area contributed by atoms with Crippen LogP contribution in [0.25, 0.3) is 0 Å². The first kappa shape index (κ1) is 18.7. The Bertz CT molecular complexity index is 604. The Morgan fingerprint density at radius 3 is 2.92 bits per heavy atom. The fraction of sp³-hybridized carbons (Fsp3) is 0.688. The fourth-order valence-corrected chi connectivity index (χ4v) is 3.23. The molecule has 134 valence electrons. The van der Waals surface area contributed by atoms with Crippen molar-refractivity contribution in [1.82, 2.24) is 20.0 Å². The number of β-amino-alcohol motifs (C(OH)–C–C–N with tert-alkyl or cyclic N) is 1. The van der Waals surface area contributed by atoms with Crippen molar-refractivity contribution < 1.29 is 14.7 Å². The molecule has 0 aliphatic carbocycles. The number of nitrogens with zero attached hydrogens (tertiary/aromatic N) is 3. The lowest BCUT2D eigenvalue weighted by Crippen LogP contribution is -2.50.